The van der Waals surface area contributed by atoms with E-state index in [9.17, 15) is 9.59 Å². The van der Waals surface area contributed by atoms with Gasteiger partial charge in [0.2, 0.25) is 5.91 Å². The lowest BCUT2D eigenvalue weighted by Crippen LogP contribution is -2.47. The van der Waals surface area contributed by atoms with E-state index in [1.807, 2.05) is 36.4 Å². The smallest absolute Gasteiger partial charge is 0.265 e. The van der Waals surface area contributed by atoms with Crippen LogP contribution < -0.4 is 16.4 Å². The molecule has 4 rings (SSSR count). The van der Waals surface area contributed by atoms with Crippen LogP contribution >= 0.6 is 11.3 Å². The average Bonchev–Trinajstić information content (AvgIpc) is 3.15. The van der Waals surface area contributed by atoms with E-state index in [-0.39, 0.29) is 11.8 Å². The molecule has 8 heteroatoms. The number of amides is 2. The Balaban J connectivity index is 1.41. The second kappa shape index (κ2) is 8.83. The molecule has 3 aromatic rings. The van der Waals surface area contributed by atoms with Gasteiger partial charge in [0.25, 0.3) is 5.91 Å². The standard InChI is InChI=1S/C22H25N5O2S/c1-26-8-10-27(11-9-26)14-21(28)24-16-7-6-15-12-20(30-19(15)13-16)22(29)25-18-5-3-2-4-17(18)23/h2-7,12-13H,8-11,14,23H2,1H3,(H,24,28)(H,25,29). The van der Waals surface area contributed by atoms with Gasteiger partial charge in [-0.3, -0.25) is 14.5 Å². The van der Waals surface area contributed by atoms with Crippen LogP contribution in [0.4, 0.5) is 17.1 Å². The Morgan fingerprint density at radius 1 is 1.03 bits per heavy atom. The SMILES string of the molecule is CN1CCN(CC(=O)Nc2ccc3cc(C(=O)Nc4ccccc4N)sc3c2)CC1. The van der Waals surface area contributed by atoms with Crippen LogP contribution in [0.25, 0.3) is 10.1 Å². The zero-order valence-electron chi connectivity index (χ0n) is 16.9. The normalized spacial score (nSPS) is 15.2. The van der Waals surface area contributed by atoms with E-state index in [0.29, 0.717) is 22.8 Å². The highest BCUT2D eigenvalue weighted by Gasteiger charge is 2.17. The van der Waals surface area contributed by atoms with Gasteiger partial charge in [-0.2, -0.15) is 0 Å². The number of carbonyl (C=O) groups excluding carboxylic acids is 2. The number of nitrogens with two attached hydrogens (primary N) is 1. The van der Waals surface area contributed by atoms with Gasteiger partial charge in [-0.15, -0.1) is 11.3 Å². The summed E-state index contributed by atoms with van der Waals surface area (Å²) in [5.41, 5.74) is 7.76. The molecule has 7 nitrogen and oxygen atoms in total. The molecule has 4 N–H and O–H groups in total. The van der Waals surface area contributed by atoms with Crippen molar-refractivity contribution in [3.8, 4) is 0 Å². The van der Waals surface area contributed by atoms with Crippen LogP contribution in [0.3, 0.4) is 0 Å². The number of carbonyl (C=O) groups is 2. The van der Waals surface area contributed by atoms with Crippen molar-refractivity contribution in [3.05, 3.63) is 53.4 Å². The van der Waals surface area contributed by atoms with Gasteiger partial charge in [0.1, 0.15) is 0 Å². The van der Waals surface area contributed by atoms with Crippen molar-refractivity contribution in [2.75, 3.05) is 56.1 Å². The maximum absolute atomic E-state index is 12.6. The minimum atomic E-state index is -0.199. The number of nitrogens with one attached hydrogen (secondary N) is 2. The first-order valence-corrected chi connectivity index (χ1v) is 10.7. The summed E-state index contributed by atoms with van der Waals surface area (Å²) < 4.78 is 0.943. The molecular formula is C22H25N5O2S. The summed E-state index contributed by atoms with van der Waals surface area (Å²) in [6.07, 6.45) is 0. The van der Waals surface area contributed by atoms with Crippen LogP contribution in [-0.2, 0) is 4.79 Å². The molecule has 0 bridgehead atoms. The number of nitrogens with zero attached hydrogens (tertiary/aromatic N) is 2. The molecule has 0 atom stereocenters. The molecular weight excluding hydrogens is 398 g/mol. The molecule has 30 heavy (non-hydrogen) atoms. The fourth-order valence-corrected chi connectivity index (χ4v) is 4.42. The van der Waals surface area contributed by atoms with Gasteiger partial charge >= 0.3 is 0 Å². The average molecular weight is 424 g/mol. The first-order valence-electron chi connectivity index (χ1n) is 9.88. The number of para-hydroxylation sites is 2. The lowest BCUT2D eigenvalue weighted by molar-refractivity contribution is -0.117. The van der Waals surface area contributed by atoms with Gasteiger partial charge < -0.3 is 21.3 Å². The van der Waals surface area contributed by atoms with Gasteiger partial charge in [0.15, 0.2) is 0 Å². The Kier molecular flexibility index (Phi) is 5.98. The molecule has 0 unspecified atom stereocenters. The predicted octanol–water partition coefficient (Wildman–Crippen LogP) is 2.92. The molecule has 156 valence electrons. The van der Waals surface area contributed by atoms with Crippen LogP contribution in [0.15, 0.2) is 48.5 Å². The Labute approximate surface area is 179 Å². The second-order valence-electron chi connectivity index (χ2n) is 7.53. The largest absolute Gasteiger partial charge is 0.397 e. The molecule has 2 aromatic carbocycles. The first kappa shape index (κ1) is 20.3. The highest BCUT2D eigenvalue weighted by atomic mass is 32.1. The maximum atomic E-state index is 12.6. The summed E-state index contributed by atoms with van der Waals surface area (Å²) >= 11 is 1.39. The van der Waals surface area contributed by atoms with E-state index in [1.165, 1.54) is 11.3 Å². The van der Waals surface area contributed by atoms with Crippen LogP contribution in [0.5, 0.6) is 0 Å². The maximum Gasteiger partial charge on any atom is 0.265 e. The summed E-state index contributed by atoms with van der Waals surface area (Å²) in [6, 6.07) is 14.7. The fraction of sp³-hybridized carbons (Fsp3) is 0.273. The molecule has 0 spiro atoms. The minimum absolute atomic E-state index is 0.0204. The van der Waals surface area contributed by atoms with Crippen molar-refractivity contribution < 1.29 is 9.59 Å². The van der Waals surface area contributed by atoms with Crippen LogP contribution in [0.2, 0.25) is 0 Å². The lowest BCUT2D eigenvalue weighted by Gasteiger charge is -2.31. The Bertz CT molecular complexity index is 1070. The topological polar surface area (TPSA) is 90.7 Å². The number of piperazine rings is 1. The monoisotopic (exact) mass is 423 g/mol. The summed E-state index contributed by atoms with van der Waals surface area (Å²) in [5, 5.41) is 6.79. The highest BCUT2D eigenvalue weighted by Crippen LogP contribution is 2.29. The van der Waals surface area contributed by atoms with Crippen molar-refractivity contribution in [1.29, 1.82) is 0 Å². The van der Waals surface area contributed by atoms with Gasteiger partial charge in [-0.1, -0.05) is 18.2 Å². The van der Waals surface area contributed by atoms with Crippen LogP contribution in [-0.4, -0.2) is 61.4 Å². The van der Waals surface area contributed by atoms with E-state index >= 15 is 0 Å². The molecule has 2 heterocycles. The molecule has 1 aliphatic rings. The van der Waals surface area contributed by atoms with E-state index in [4.69, 9.17) is 5.73 Å². The number of hydrogen-bond donors (Lipinski definition) is 3. The fourth-order valence-electron chi connectivity index (χ4n) is 3.43. The quantitative estimate of drug-likeness (QED) is 0.549. The van der Waals surface area contributed by atoms with Crippen molar-refractivity contribution in [2.45, 2.75) is 0 Å². The summed E-state index contributed by atoms with van der Waals surface area (Å²) in [6.45, 7) is 4.15. The zero-order valence-corrected chi connectivity index (χ0v) is 17.7. The Morgan fingerprint density at radius 3 is 2.57 bits per heavy atom. The van der Waals surface area contributed by atoms with Crippen molar-refractivity contribution in [2.24, 2.45) is 0 Å². The number of benzene rings is 2. The molecule has 1 aromatic heterocycles. The predicted molar refractivity (Wildman–Crippen MR) is 123 cm³/mol. The van der Waals surface area contributed by atoms with Crippen LogP contribution in [0.1, 0.15) is 9.67 Å². The molecule has 1 fully saturated rings. The van der Waals surface area contributed by atoms with Crippen molar-refractivity contribution >= 4 is 50.3 Å². The van der Waals surface area contributed by atoms with Gasteiger partial charge in [0.05, 0.1) is 22.8 Å². The Morgan fingerprint density at radius 2 is 1.80 bits per heavy atom. The molecule has 1 saturated heterocycles. The summed E-state index contributed by atoms with van der Waals surface area (Å²) in [4.78, 5) is 30.0. The van der Waals surface area contributed by atoms with Crippen molar-refractivity contribution in [3.63, 3.8) is 0 Å². The summed E-state index contributed by atoms with van der Waals surface area (Å²) in [5.74, 6) is -0.220. The number of fused-ring (bicyclic) bond motifs is 1. The third-order valence-corrected chi connectivity index (χ3v) is 6.30. The van der Waals surface area contributed by atoms with Crippen molar-refractivity contribution in [1.82, 2.24) is 9.80 Å². The number of nitrogen functional groups attached to an aromatic ring is 1. The van der Waals surface area contributed by atoms with E-state index in [0.717, 1.165) is 42.0 Å². The number of hydrogen-bond acceptors (Lipinski definition) is 6. The van der Waals surface area contributed by atoms with E-state index < -0.39 is 0 Å². The number of anilines is 3. The number of likely N-dealkylation sites (N-methyl/N-ethyl adjacent to an activating group) is 1. The third-order valence-electron chi connectivity index (χ3n) is 5.20. The van der Waals surface area contributed by atoms with E-state index in [2.05, 4.69) is 27.5 Å². The Hall–Kier alpha value is -2.94. The highest BCUT2D eigenvalue weighted by molar-refractivity contribution is 7.21. The number of thiophene rings is 1. The summed E-state index contributed by atoms with van der Waals surface area (Å²) in [7, 11) is 2.09. The van der Waals surface area contributed by atoms with Gasteiger partial charge in [-0.25, -0.2) is 0 Å². The lowest BCUT2D eigenvalue weighted by atomic mass is 10.2. The molecule has 0 aliphatic carbocycles. The molecule has 0 radical (unpaired) electrons. The van der Waals surface area contributed by atoms with Crippen LogP contribution in [0, 0.1) is 0 Å². The molecule has 0 saturated carbocycles. The minimum Gasteiger partial charge on any atom is -0.397 e. The molecule has 2 amide bonds. The van der Waals surface area contributed by atoms with E-state index in [1.54, 1.807) is 12.1 Å². The van der Waals surface area contributed by atoms with Gasteiger partial charge in [-0.05, 0) is 42.8 Å². The second-order valence-corrected chi connectivity index (χ2v) is 8.62. The third kappa shape index (κ3) is 4.79. The molecule has 1 aliphatic heterocycles. The van der Waals surface area contributed by atoms with Gasteiger partial charge in [0, 0.05) is 36.6 Å². The zero-order chi connectivity index (χ0) is 21.1. The first-order chi connectivity index (χ1) is 14.5. The number of rotatable bonds is 5.